The normalized spacial score (nSPS) is 11.8. The van der Waals surface area contributed by atoms with E-state index in [1.807, 2.05) is 0 Å². The maximum atomic E-state index is 13.8. The predicted molar refractivity (Wildman–Crippen MR) is 86.3 cm³/mol. The zero-order chi connectivity index (χ0) is 16.3. The van der Waals surface area contributed by atoms with Crippen LogP contribution in [0.3, 0.4) is 0 Å². The van der Waals surface area contributed by atoms with Crippen molar-refractivity contribution in [1.82, 2.24) is 0 Å². The molecule has 0 spiro atoms. The van der Waals surface area contributed by atoms with Crippen molar-refractivity contribution in [3.8, 4) is 0 Å². The van der Waals surface area contributed by atoms with Crippen LogP contribution in [-0.2, 0) is 4.79 Å². The van der Waals surface area contributed by atoms with Crippen LogP contribution in [0.2, 0.25) is 0 Å². The molecule has 3 N–H and O–H groups in total. The van der Waals surface area contributed by atoms with E-state index in [0.717, 1.165) is 0 Å². The molecule has 2 aromatic carbocycles. The molecule has 0 heterocycles. The number of hydrogen-bond donors (Lipinski definition) is 2. The van der Waals surface area contributed by atoms with Gasteiger partial charge in [-0.1, -0.05) is 28.1 Å². The average molecular weight is 365 g/mol. The molecule has 4 nitrogen and oxygen atoms in total. The summed E-state index contributed by atoms with van der Waals surface area (Å²) in [4.78, 5) is 23.8. The zero-order valence-corrected chi connectivity index (χ0v) is 13.4. The van der Waals surface area contributed by atoms with E-state index in [1.54, 1.807) is 31.2 Å². The minimum absolute atomic E-state index is 0.0321. The van der Waals surface area contributed by atoms with E-state index in [2.05, 4.69) is 21.2 Å². The Hall–Kier alpha value is -2.21. The first-order chi connectivity index (χ1) is 10.4. The largest absolute Gasteiger partial charge is 0.373 e. The van der Waals surface area contributed by atoms with Crippen LogP contribution in [0.15, 0.2) is 46.9 Å². The van der Waals surface area contributed by atoms with Crippen LogP contribution >= 0.6 is 15.9 Å². The van der Waals surface area contributed by atoms with Crippen molar-refractivity contribution in [3.05, 3.63) is 63.9 Å². The van der Waals surface area contributed by atoms with Gasteiger partial charge in [-0.25, -0.2) is 4.39 Å². The number of carbonyl (C=O) groups is 2. The maximum absolute atomic E-state index is 13.8. The molecular formula is C16H14BrFN2O2. The van der Waals surface area contributed by atoms with Crippen LogP contribution in [0, 0.1) is 5.82 Å². The van der Waals surface area contributed by atoms with Gasteiger partial charge in [0.15, 0.2) is 5.78 Å². The van der Waals surface area contributed by atoms with Gasteiger partial charge in [-0.05, 0) is 37.3 Å². The van der Waals surface area contributed by atoms with Crippen molar-refractivity contribution < 1.29 is 14.0 Å². The van der Waals surface area contributed by atoms with Crippen LogP contribution in [0.5, 0.6) is 0 Å². The lowest BCUT2D eigenvalue weighted by atomic mass is 10.0. The molecule has 0 aliphatic rings. The highest BCUT2D eigenvalue weighted by molar-refractivity contribution is 9.10. The molecule has 0 saturated heterocycles. The zero-order valence-electron chi connectivity index (χ0n) is 11.8. The molecule has 0 aliphatic heterocycles. The number of anilines is 1. The molecule has 0 saturated carbocycles. The van der Waals surface area contributed by atoms with Gasteiger partial charge in [-0.15, -0.1) is 0 Å². The van der Waals surface area contributed by atoms with Crippen LogP contribution in [0.4, 0.5) is 10.1 Å². The number of ketones is 1. The lowest BCUT2D eigenvalue weighted by molar-refractivity contribution is -0.118. The second-order valence-electron chi connectivity index (χ2n) is 4.77. The molecule has 0 fully saturated rings. The van der Waals surface area contributed by atoms with Gasteiger partial charge >= 0.3 is 0 Å². The molecule has 6 heteroatoms. The Bertz CT molecular complexity index is 734. The lowest BCUT2D eigenvalue weighted by Gasteiger charge is -2.15. The van der Waals surface area contributed by atoms with Crippen molar-refractivity contribution in [2.24, 2.45) is 5.73 Å². The molecule has 0 bridgehead atoms. The monoisotopic (exact) mass is 364 g/mol. The number of amides is 1. The number of carbonyl (C=O) groups excluding carboxylic acids is 2. The first-order valence-corrected chi connectivity index (χ1v) is 7.34. The summed E-state index contributed by atoms with van der Waals surface area (Å²) in [6.45, 7) is 1.59. The summed E-state index contributed by atoms with van der Waals surface area (Å²) in [7, 11) is 0. The van der Waals surface area contributed by atoms with Gasteiger partial charge in [0.25, 0.3) is 0 Å². The highest BCUT2D eigenvalue weighted by atomic mass is 79.9. The Morgan fingerprint density at radius 3 is 2.50 bits per heavy atom. The molecule has 1 atom stereocenters. The molecule has 2 aromatic rings. The second kappa shape index (κ2) is 6.70. The number of nitrogens with one attached hydrogen (secondary N) is 1. The van der Waals surface area contributed by atoms with Crippen LogP contribution in [-0.4, -0.2) is 17.7 Å². The molecule has 0 aliphatic carbocycles. The van der Waals surface area contributed by atoms with Crippen molar-refractivity contribution in [3.63, 3.8) is 0 Å². The Morgan fingerprint density at radius 2 is 1.86 bits per heavy atom. The predicted octanol–water partition coefficient (Wildman–Crippen LogP) is 3.10. The molecule has 0 aromatic heterocycles. The Balaban J connectivity index is 2.45. The molecule has 1 amide bonds. The average Bonchev–Trinajstić information content (AvgIpc) is 2.48. The summed E-state index contributed by atoms with van der Waals surface area (Å²) in [5, 5.41) is 2.87. The van der Waals surface area contributed by atoms with E-state index in [0.29, 0.717) is 10.2 Å². The summed E-state index contributed by atoms with van der Waals surface area (Å²) in [5.74, 6) is -1.62. The van der Waals surface area contributed by atoms with Gasteiger partial charge in [0.1, 0.15) is 11.9 Å². The Kier molecular flexibility index (Phi) is 4.92. The van der Waals surface area contributed by atoms with Crippen LogP contribution < -0.4 is 11.1 Å². The number of primary amides is 1. The topological polar surface area (TPSA) is 72.2 Å². The highest BCUT2D eigenvalue weighted by Crippen LogP contribution is 2.25. The summed E-state index contributed by atoms with van der Waals surface area (Å²) in [6, 6.07) is 10.0. The smallest absolute Gasteiger partial charge is 0.239 e. The third-order valence-corrected chi connectivity index (χ3v) is 3.64. The van der Waals surface area contributed by atoms with Gasteiger partial charge in [-0.2, -0.15) is 0 Å². The fourth-order valence-corrected chi connectivity index (χ4v) is 2.29. The summed E-state index contributed by atoms with van der Waals surface area (Å²) >= 11 is 3.29. The number of benzene rings is 2. The highest BCUT2D eigenvalue weighted by Gasteiger charge is 2.19. The van der Waals surface area contributed by atoms with E-state index >= 15 is 0 Å². The molecule has 0 radical (unpaired) electrons. The van der Waals surface area contributed by atoms with Crippen LogP contribution in [0.1, 0.15) is 22.8 Å². The van der Waals surface area contributed by atoms with Gasteiger partial charge in [0.2, 0.25) is 5.91 Å². The first kappa shape index (κ1) is 16.2. The van der Waals surface area contributed by atoms with Gasteiger partial charge in [-0.3, -0.25) is 9.59 Å². The van der Waals surface area contributed by atoms with Gasteiger partial charge in [0, 0.05) is 15.7 Å². The fraction of sp³-hybridized carbons (Fsp3) is 0.125. The number of nitrogens with two attached hydrogens (primary N) is 1. The van der Waals surface area contributed by atoms with Crippen LogP contribution in [0.25, 0.3) is 0 Å². The van der Waals surface area contributed by atoms with Crippen molar-refractivity contribution in [2.45, 2.75) is 13.0 Å². The number of hydrogen-bond acceptors (Lipinski definition) is 3. The number of halogens is 2. The van der Waals surface area contributed by atoms with E-state index in [9.17, 15) is 14.0 Å². The van der Waals surface area contributed by atoms with Crippen molar-refractivity contribution in [2.75, 3.05) is 5.32 Å². The Labute approximate surface area is 135 Å². The maximum Gasteiger partial charge on any atom is 0.239 e. The molecule has 22 heavy (non-hydrogen) atoms. The quantitative estimate of drug-likeness (QED) is 0.800. The third-order valence-electron chi connectivity index (χ3n) is 3.14. The van der Waals surface area contributed by atoms with Gasteiger partial charge < -0.3 is 11.1 Å². The number of rotatable bonds is 5. The van der Waals surface area contributed by atoms with E-state index in [1.165, 1.54) is 18.2 Å². The lowest BCUT2D eigenvalue weighted by Crippen LogP contribution is -2.33. The summed E-state index contributed by atoms with van der Waals surface area (Å²) in [5.41, 5.74) is 5.86. The third kappa shape index (κ3) is 3.51. The van der Waals surface area contributed by atoms with Crippen molar-refractivity contribution in [1.29, 1.82) is 0 Å². The van der Waals surface area contributed by atoms with Gasteiger partial charge in [0.05, 0.1) is 5.56 Å². The SMILES string of the molecule is C[C@H](Nc1ccc(Br)cc1C(=O)c1ccccc1F)C(N)=O. The van der Waals surface area contributed by atoms with Crippen molar-refractivity contribution >= 4 is 33.3 Å². The minimum atomic E-state index is -0.659. The molecule has 114 valence electrons. The summed E-state index contributed by atoms with van der Waals surface area (Å²) in [6.07, 6.45) is 0. The summed E-state index contributed by atoms with van der Waals surface area (Å²) < 4.78 is 14.5. The van der Waals surface area contributed by atoms with E-state index in [4.69, 9.17) is 5.73 Å². The van der Waals surface area contributed by atoms with E-state index in [-0.39, 0.29) is 11.1 Å². The second-order valence-corrected chi connectivity index (χ2v) is 5.68. The molecule has 0 unspecified atom stereocenters. The Morgan fingerprint density at radius 1 is 1.18 bits per heavy atom. The standard InChI is InChI=1S/C16H14BrFN2O2/c1-9(16(19)22)20-14-7-6-10(17)8-12(14)15(21)11-4-2-3-5-13(11)18/h2-9,20H,1H3,(H2,19,22)/t9-/m0/s1. The molecular weight excluding hydrogens is 351 g/mol. The van der Waals surface area contributed by atoms with E-state index < -0.39 is 23.5 Å². The fourth-order valence-electron chi connectivity index (χ4n) is 1.93. The first-order valence-electron chi connectivity index (χ1n) is 6.54. The minimum Gasteiger partial charge on any atom is -0.373 e. The molecule has 2 rings (SSSR count).